The van der Waals surface area contributed by atoms with Gasteiger partial charge >= 0.3 is 0 Å². The van der Waals surface area contributed by atoms with E-state index in [9.17, 15) is 0 Å². The van der Waals surface area contributed by atoms with Crippen LogP contribution >= 0.6 is 51.2 Å². The fourth-order valence-corrected chi connectivity index (χ4v) is 3.10. The molecule has 0 amide bonds. The maximum Gasteiger partial charge on any atom is 0.191 e. The molecule has 2 rings (SSSR count). The van der Waals surface area contributed by atoms with Crippen LogP contribution in [0.15, 0.2) is 45.2 Å². The molecule has 0 atom stereocenters. The third kappa shape index (κ3) is 5.96. The number of hydrogen-bond acceptors (Lipinski definition) is 2. The van der Waals surface area contributed by atoms with Gasteiger partial charge in [0.25, 0.3) is 0 Å². The maximum absolute atomic E-state index is 4.24. The second-order valence-electron chi connectivity index (χ2n) is 4.44. The molecule has 0 bridgehead atoms. The number of nitrogens with one attached hydrogen (secondary N) is 2. The van der Waals surface area contributed by atoms with Gasteiger partial charge in [-0.25, -0.2) is 0 Å². The van der Waals surface area contributed by atoms with E-state index in [4.69, 9.17) is 0 Å². The average molecular weight is 480 g/mol. The van der Waals surface area contributed by atoms with Crippen molar-refractivity contribution in [1.82, 2.24) is 10.6 Å². The number of nitrogens with zero attached hydrogens (tertiary/aromatic N) is 1. The zero-order valence-electron chi connectivity index (χ0n) is 12.0. The van der Waals surface area contributed by atoms with Gasteiger partial charge in [0.2, 0.25) is 0 Å². The van der Waals surface area contributed by atoms with Gasteiger partial charge in [0.05, 0.1) is 6.54 Å². The van der Waals surface area contributed by atoms with Crippen LogP contribution in [-0.4, -0.2) is 13.0 Å². The fourth-order valence-electron chi connectivity index (χ4n) is 1.80. The van der Waals surface area contributed by atoms with Gasteiger partial charge in [0.15, 0.2) is 5.96 Å². The first kappa shape index (κ1) is 18.4. The van der Waals surface area contributed by atoms with Crippen molar-refractivity contribution in [1.29, 1.82) is 0 Å². The smallest absolute Gasteiger partial charge is 0.191 e. The van der Waals surface area contributed by atoms with Crippen molar-refractivity contribution in [3.63, 3.8) is 0 Å². The third-order valence-electron chi connectivity index (χ3n) is 2.96. The summed E-state index contributed by atoms with van der Waals surface area (Å²) in [5.74, 6) is 0.817. The van der Waals surface area contributed by atoms with Gasteiger partial charge in [-0.05, 0) is 41.6 Å². The highest BCUT2D eigenvalue weighted by molar-refractivity contribution is 14.0. The number of aliphatic imine (C=N–C) groups is 1. The molecule has 0 spiro atoms. The first-order valence-corrected chi connectivity index (χ1v) is 8.08. The quantitative estimate of drug-likeness (QED) is 0.389. The number of guanidine groups is 1. The van der Waals surface area contributed by atoms with Gasteiger partial charge in [-0.15, -0.1) is 35.3 Å². The second-order valence-corrected chi connectivity index (χ2v) is 6.35. The number of aryl methyl sites for hydroxylation is 1. The van der Waals surface area contributed by atoms with Crippen LogP contribution < -0.4 is 10.6 Å². The van der Waals surface area contributed by atoms with E-state index in [2.05, 4.69) is 62.1 Å². The maximum atomic E-state index is 4.24. The molecule has 0 radical (unpaired) electrons. The van der Waals surface area contributed by atoms with Gasteiger partial charge in [0, 0.05) is 22.9 Å². The van der Waals surface area contributed by atoms with Crippen molar-refractivity contribution < 1.29 is 0 Å². The van der Waals surface area contributed by atoms with Gasteiger partial charge in [0.1, 0.15) is 0 Å². The first-order valence-electron chi connectivity index (χ1n) is 6.41. The summed E-state index contributed by atoms with van der Waals surface area (Å²) in [6, 6.07) is 10.4. The van der Waals surface area contributed by atoms with Gasteiger partial charge in [-0.3, -0.25) is 4.99 Å². The molecular weight excluding hydrogens is 461 g/mol. The van der Waals surface area contributed by atoms with Gasteiger partial charge in [-0.1, -0.05) is 28.1 Å². The molecule has 2 aromatic rings. The topological polar surface area (TPSA) is 36.4 Å². The molecule has 0 saturated heterocycles. The molecule has 114 valence electrons. The summed E-state index contributed by atoms with van der Waals surface area (Å²) in [7, 11) is 1.79. The van der Waals surface area contributed by atoms with E-state index in [0.29, 0.717) is 0 Å². The Morgan fingerprint density at radius 3 is 2.62 bits per heavy atom. The minimum atomic E-state index is 0. The predicted molar refractivity (Wildman–Crippen MR) is 106 cm³/mol. The summed E-state index contributed by atoms with van der Waals surface area (Å²) < 4.78 is 1.09. The number of benzene rings is 1. The van der Waals surface area contributed by atoms with Crippen molar-refractivity contribution in [2.24, 2.45) is 4.99 Å². The normalized spacial score (nSPS) is 10.9. The van der Waals surface area contributed by atoms with Crippen molar-refractivity contribution in [3.8, 4) is 0 Å². The molecule has 1 heterocycles. The molecular formula is C15H19BrIN3S. The summed E-state index contributed by atoms with van der Waals surface area (Å²) in [6.45, 7) is 3.69. The van der Waals surface area contributed by atoms with Crippen LogP contribution in [0.2, 0.25) is 0 Å². The Morgan fingerprint density at radius 2 is 2.00 bits per heavy atom. The van der Waals surface area contributed by atoms with Gasteiger partial charge < -0.3 is 10.6 Å². The highest BCUT2D eigenvalue weighted by Crippen LogP contribution is 2.14. The zero-order valence-corrected chi connectivity index (χ0v) is 16.8. The van der Waals surface area contributed by atoms with Crippen molar-refractivity contribution >= 4 is 57.2 Å². The first-order chi connectivity index (χ1) is 9.69. The minimum Gasteiger partial charge on any atom is -0.352 e. The highest BCUT2D eigenvalue weighted by atomic mass is 127. The summed E-state index contributed by atoms with van der Waals surface area (Å²) in [5, 5.41) is 8.77. The summed E-state index contributed by atoms with van der Waals surface area (Å²) in [4.78, 5) is 5.58. The largest absolute Gasteiger partial charge is 0.352 e. The van der Waals surface area contributed by atoms with Crippen LogP contribution in [-0.2, 0) is 13.1 Å². The van der Waals surface area contributed by atoms with E-state index >= 15 is 0 Å². The fraction of sp³-hybridized carbons (Fsp3) is 0.267. The Kier molecular flexibility index (Phi) is 8.28. The van der Waals surface area contributed by atoms with E-state index in [1.54, 1.807) is 18.4 Å². The molecule has 0 unspecified atom stereocenters. The van der Waals surface area contributed by atoms with Crippen molar-refractivity contribution in [3.05, 3.63) is 56.2 Å². The predicted octanol–water partition coefficient (Wildman–Crippen LogP) is 4.30. The minimum absolute atomic E-state index is 0. The van der Waals surface area contributed by atoms with E-state index < -0.39 is 0 Å². The lowest BCUT2D eigenvalue weighted by Gasteiger charge is -2.12. The summed E-state index contributed by atoms with van der Waals surface area (Å²) in [6.07, 6.45) is 0. The molecule has 0 saturated carbocycles. The molecule has 1 aromatic heterocycles. The van der Waals surface area contributed by atoms with E-state index in [1.807, 2.05) is 12.1 Å². The van der Waals surface area contributed by atoms with Crippen molar-refractivity contribution in [2.75, 3.05) is 7.05 Å². The van der Waals surface area contributed by atoms with Crippen molar-refractivity contribution in [2.45, 2.75) is 20.0 Å². The number of thiophene rings is 1. The second kappa shape index (κ2) is 9.42. The molecule has 3 nitrogen and oxygen atoms in total. The Hall–Kier alpha value is -0.600. The molecule has 0 aliphatic rings. The zero-order chi connectivity index (χ0) is 14.4. The SMILES string of the molecule is CN=C(NCc1cccc(Br)c1)NCc1sccc1C.I. The molecule has 6 heteroatoms. The lowest BCUT2D eigenvalue weighted by atomic mass is 10.2. The van der Waals surface area contributed by atoms with Crippen LogP contribution in [0, 0.1) is 6.92 Å². The highest BCUT2D eigenvalue weighted by Gasteiger charge is 2.02. The molecule has 0 fully saturated rings. The molecule has 21 heavy (non-hydrogen) atoms. The Labute approximate surface area is 155 Å². The standard InChI is InChI=1S/C15H18BrN3S.HI/c1-11-6-7-20-14(11)10-19-15(17-2)18-9-12-4-3-5-13(16)8-12;/h3-8H,9-10H2,1-2H3,(H2,17,18,19);1H. The Morgan fingerprint density at radius 1 is 1.24 bits per heavy atom. The Balaban J connectivity index is 0.00000220. The van der Waals surface area contributed by atoms with Crippen LogP contribution in [0.5, 0.6) is 0 Å². The molecule has 0 aliphatic carbocycles. The molecule has 0 aliphatic heterocycles. The third-order valence-corrected chi connectivity index (χ3v) is 4.47. The lowest BCUT2D eigenvalue weighted by Crippen LogP contribution is -2.36. The monoisotopic (exact) mass is 479 g/mol. The van der Waals surface area contributed by atoms with Crippen LogP contribution in [0.25, 0.3) is 0 Å². The van der Waals surface area contributed by atoms with E-state index in [-0.39, 0.29) is 24.0 Å². The molecule has 1 aromatic carbocycles. The lowest BCUT2D eigenvalue weighted by molar-refractivity contribution is 0.813. The Bertz CT molecular complexity index is 598. The number of hydrogen-bond donors (Lipinski definition) is 2. The summed E-state index contributed by atoms with van der Waals surface area (Å²) in [5.41, 5.74) is 2.54. The van der Waals surface area contributed by atoms with Crippen LogP contribution in [0.4, 0.5) is 0 Å². The summed E-state index contributed by atoms with van der Waals surface area (Å²) >= 11 is 5.25. The van der Waals surface area contributed by atoms with Gasteiger partial charge in [-0.2, -0.15) is 0 Å². The number of halogens is 2. The van der Waals surface area contributed by atoms with Crippen LogP contribution in [0.3, 0.4) is 0 Å². The van der Waals surface area contributed by atoms with Crippen LogP contribution in [0.1, 0.15) is 16.0 Å². The molecule has 2 N–H and O–H groups in total. The average Bonchev–Trinajstić information content (AvgIpc) is 2.85. The number of rotatable bonds is 4. The van der Waals surface area contributed by atoms with E-state index in [1.165, 1.54) is 16.0 Å². The van der Waals surface area contributed by atoms with E-state index in [0.717, 1.165) is 23.5 Å².